The van der Waals surface area contributed by atoms with Gasteiger partial charge in [-0.1, -0.05) is 13.8 Å². The van der Waals surface area contributed by atoms with Gasteiger partial charge >= 0.3 is 0 Å². The van der Waals surface area contributed by atoms with E-state index in [1.54, 1.807) is 11.1 Å². The summed E-state index contributed by atoms with van der Waals surface area (Å²) in [5, 5.41) is 14.3. The van der Waals surface area contributed by atoms with Crippen LogP contribution >= 0.6 is 11.3 Å². The number of aliphatic hydroxyl groups is 1. The van der Waals surface area contributed by atoms with Crippen molar-refractivity contribution in [3.05, 3.63) is 47.0 Å². The summed E-state index contributed by atoms with van der Waals surface area (Å²) in [6, 6.07) is 3.19. The third-order valence-corrected chi connectivity index (χ3v) is 4.78. The zero-order valence-corrected chi connectivity index (χ0v) is 15.8. The molecule has 0 atom stereocenters. The van der Waals surface area contributed by atoms with Crippen molar-refractivity contribution in [2.24, 2.45) is 0 Å². The summed E-state index contributed by atoms with van der Waals surface area (Å²) < 4.78 is 13.9. The van der Waals surface area contributed by atoms with Crippen LogP contribution in [0.5, 0.6) is 0 Å². The molecule has 1 saturated heterocycles. The Bertz CT molecular complexity index is 942. The Morgan fingerprint density at radius 3 is 2.85 bits per heavy atom. The van der Waals surface area contributed by atoms with E-state index < -0.39 is 11.9 Å². The summed E-state index contributed by atoms with van der Waals surface area (Å²) in [5.74, 6) is -0.351. The molecule has 0 aliphatic carbocycles. The fourth-order valence-corrected chi connectivity index (χ4v) is 3.40. The number of nitrogens with zero attached hydrogens (tertiary/aromatic N) is 4. The van der Waals surface area contributed by atoms with Crippen molar-refractivity contribution in [3.8, 4) is 0 Å². The highest BCUT2D eigenvalue weighted by atomic mass is 32.1. The van der Waals surface area contributed by atoms with E-state index in [1.165, 1.54) is 17.4 Å². The number of carbonyl (C=O) groups is 1. The topological polar surface area (TPSA) is 91.2 Å². The van der Waals surface area contributed by atoms with Crippen molar-refractivity contribution in [1.29, 1.82) is 0 Å². The second-order valence-electron chi connectivity index (χ2n) is 5.76. The predicted molar refractivity (Wildman–Crippen MR) is 102 cm³/mol. The number of pyridine rings is 1. The lowest BCUT2D eigenvalue weighted by Crippen LogP contribution is -2.53. The van der Waals surface area contributed by atoms with Crippen molar-refractivity contribution in [3.63, 3.8) is 0 Å². The summed E-state index contributed by atoms with van der Waals surface area (Å²) in [6.45, 7) is 4.91. The molecule has 27 heavy (non-hydrogen) atoms. The molecule has 1 amide bonds. The number of anilines is 1. The number of amides is 1. The molecule has 3 aromatic rings. The third-order valence-electron chi connectivity index (χ3n) is 3.87. The van der Waals surface area contributed by atoms with Crippen molar-refractivity contribution < 1.29 is 14.3 Å². The van der Waals surface area contributed by atoms with Gasteiger partial charge < -0.3 is 15.3 Å². The lowest BCUT2D eigenvalue weighted by Gasteiger charge is -2.35. The number of hydrogen-bond acceptors (Lipinski definition) is 7. The van der Waals surface area contributed by atoms with Crippen LogP contribution in [-0.2, 0) is 6.54 Å². The highest BCUT2D eigenvalue weighted by Gasteiger charge is 2.31. The third kappa shape index (κ3) is 4.20. The molecule has 1 fully saturated rings. The first-order valence-electron chi connectivity index (χ1n) is 8.66. The average molecular weight is 389 g/mol. The number of aromatic nitrogens is 3. The molecule has 1 aliphatic rings. The van der Waals surface area contributed by atoms with Crippen LogP contribution in [0.25, 0.3) is 10.2 Å². The fourth-order valence-electron chi connectivity index (χ4n) is 2.59. The highest BCUT2D eigenvalue weighted by molar-refractivity contribution is 7.17. The fraction of sp³-hybridized carbons (Fsp3) is 0.333. The van der Waals surface area contributed by atoms with Gasteiger partial charge in [0.05, 0.1) is 22.5 Å². The smallest absolute Gasteiger partial charge is 0.274 e. The number of nitrogens with one attached hydrogen (secondary N) is 1. The first kappa shape index (κ1) is 19.1. The highest BCUT2D eigenvalue weighted by Crippen LogP contribution is 2.26. The second kappa shape index (κ2) is 8.36. The maximum absolute atomic E-state index is 13.2. The summed E-state index contributed by atoms with van der Waals surface area (Å²) in [7, 11) is 0. The van der Waals surface area contributed by atoms with Gasteiger partial charge in [-0.15, -0.1) is 11.3 Å². The number of likely N-dealkylation sites (tertiary alicyclic amines) is 1. The van der Waals surface area contributed by atoms with Crippen LogP contribution in [0.1, 0.15) is 29.9 Å². The Balaban J connectivity index is 0.00000102. The van der Waals surface area contributed by atoms with E-state index >= 15 is 0 Å². The molecule has 0 radical (unpaired) electrons. The minimum absolute atomic E-state index is 0.226. The molecule has 0 unspecified atom stereocenters. The van der Waals surface area contributed by atoms with E-state index in [1.807, 2.05) is 25.3 Å². The zero-order chi connectivity index (χ0) is 19.4. The van der Waals surface area contributed by atoms with Gasteiger partial charge in [-0.2, -0.15) is 0 Å². The van der Waals surface area contributed by atoms with Crippen LogP contribution in [0, 0.1) is 5.82 Å². The predicted octanol–water partition coefficient (Wildman–Crippen LogP) is 2.68. The van der Waals surface area contributed by atoms with E-state index in [2.05, 4.69) is 20.3 Å². The molecule has 4 heterocycles. The van der Waals surface area contributed by atoms with Crippen LogP contribution < -0.4 is 5.32 Å². The number of carbonyl (C=O) groups excluding carboxylic acids is 1. The van der Waals surface area contributed by atoms with E-state index in [4.69, 9.17) is 0 Å². The number of hydrogen-bond donors (Lipinski definition) is 2. The summed E-state index contributed by atoms with van der Waals surface area (Å²) in [5.41, 5.74) is 1.63. The molecule has 142 valence electrons. The van der Waals surface area contributed by atoms with Crippen LogP contribution in [0.2, 0.25) is 0 Å². The largest absolute Gasteiger partial charge is 0.389 e. The number of fused-ring (bicyclic) bond motifs is 1. The van der Waals surface area contributed by atoms with Crippen LogP contribution in [0.3, 0.4) is 0 Å². The molecule has 2 N–H and O–H groups in total. The van der Waals surface area contributed by atoms with Gasteiger partial charge in [-0.05, 0) is 23.1 Å². The van der Waals surface area contributed by atoms with Crippen molar-refractivity contribution in [2.75, 3.05) is 18.4 Å². The monoisotopic (exact) mass is 389 g/mol. The number of halogens is 1. The molecule has 1 aliphatic heterocycles. The molecule has 0 saturated carbocycles. The first-order chi connectivity index (χ1) is 13.1. The summed E-state index contributed by atoms with van der Waals surface area (Å²) in [6.07, 6.45) is 2.21. The molecular weight excluding hydrogens is 369 g/mol. The lowest BCUT2D eigenvalue weighted by molar-refractivity contribution is 0.00567. The van der Waals surface area contributed by atoms with Crippen molar-refractivity contribution >= 4 is 33.4 Å². The molecule has 3 aromatic heterocycles. The molecule has 7 nitrogen and oxygen atoms in total. The lowest BCUT2D eigenvalue weighted by atomic mass is 10.1. The number of aliphatic hydroxyl groups excluding tert-OH is 1. The van der Waals surface area contributed by atoms with Gasteiger partial charge in [0.25, 0.3) is 5.91 Å². The average Bonchev–Trinajstić information content (AvgIpc) is 3.13. The van der Waals surface area contributed by atoms with Crippen LogP contribution in [0.4, 0.5) is 10.3 Å². The molecule has 0 spiro atoms. The van der Waals surface area contributed by atoms with Crippen LogP contribution in [0.15, 0.2) is 29.9 Å². The number of β-amino-alcohol motifs (C(OH)–C–C–N with tert-alkyl or cyclic N) is 1. The molecular formula is C18H20FN5O2S. The second-order valence-corrected chi connectivity index (χ2v) is 6.68. The molecule has 0 bridgehead atoms. The van der Waals surface area contributed by atoms with Gasteiger partial charge in [0.2, 0.25) is 5.95 Å². The van der Waals surface area contributed by atoms with Gasteiger partial charge in [0.1, 0.15) is 5.82 Å². The Morgan fingerprint density at radius 1 is 1.37 bits per heavy atom. The van der Waals surface area contributed by atoms with Crippen LogP contribution in [-0.4, -0.2) is 50.1 Å². The Hall–Kier alpha value is -2.65. The quantitative estimate of drug-likeness (QED) is 0.713. The van der Waals surface area contributed by atoms with E-state index in [0.29, 0.717) is 40.5 Å². The Kier molecular flexibility index (Phi) is 5.92. The van der Waals surface area contributed by atoms with Crippen molar-refractivity contribution in [2.45, 2.75) is 26.5 Å². The molecule has 4 rings (SSSR count). The first-order valence-corrected chi connectivity index (χ1v) is 9.54. The molecule has 9 heteroatoms. The normalized spacial score (nSPS) is 13.7. The van der Waals surface area contributed by atoms with Gasteiger partial charge in [0.15, 0.2) is 5.69 Å². The summed E-state index contributed by atoms with van der Waals surface area (Å²) in [4.78, 5) is 26.7. The van der Waals surface area contributed by atoms with Crippen molar-refractivity contribution in [1.82, 2.24) is 19.9 Å². The van der Waals surface area contributed by atoms with Gasteiger partial charge in [-0.25, -0.2) is 14.4 Å². The van der Waals surface area contributed by atoms with E-state index in [0.717, 1.165) is 6.20 Å². The maximum Gasteiger partial charge on any atom is 0.274 e. The van der Waals surface area contributed by atoms with E-state index in [-0.39, 0.29) is 12.5 Å². The Morgan fingerprint density at radius 2 is 2.15 bits per heavy atom. The minimum Gasteiger partial charge on any atom is -0.389 e. The van der Waals surface area contributed by atoms with Gasteiger partial charge in [0, 0.05) is 25.8 Å². The SMILES string of the molecule is CC.O=C(c1nc(NCc2cncc(F)c2)nc2ccsc12)N1CC(O)C1. The molecule has 0 aromatic carbocycles. The van der Waals surface area contributed by atoms with Gasteiger partial charge in [-0.3, -0.25) is 9.78 Å². The number of rotatable bonds is 4. The standard InChI is InChI=1S/C16H14FN5O2S.C2H6/c17-10-3-9(4-18-6-10)5-19-16-20-12-1-2-25-14(12)13(21-16)15(24)22-7-11(23)8-22;1-2/h1-4,6,11,23H,5,7-8H2,(H,19,20,21);1-2H3. The zero-order valence-electron chi connectivity index (χ0n) is 15.0. The minimum atomic E-state index is -0.470. The maximum atomic E-state index is 13.2. The van der Waals surface area contributed by atoms with E-state index in [9.17, 15) is 14.3 Å². The summed E-state index contributed by atoms with van der Waals surface area (Å²) >= 11 is 1.40. The number of thiophene rings is 1. The Labute approximate surface area is 159 Å².